The molecule has 0 aliphatic rings. The van der Waals surface area contributed by atoms with Crippen LogP contribution in [0.1, 0.15) is 17.3 Å². The minimum atomic E-state index is -0.794. The Kier molecular flexibility index (Phi) is 5.40. The zero-order valence-corrected chi connectivity index (χ0v) is 12.2. The Balaban J connectivity index is 3.03. The molecule has 1 aromatic carbocycles. The first-order chi connectivity index (χ1) is 8.81. The van der Waals surface area contributed by atoms with Gasteiger partial charge < -0.3 is 5.32 Å². The number of alkyl halides is 2. The molecular weight excluding hydrogens is 314 g/mol. The number of non-ortho nitro benzene ring substituents is 1. The third kappa shape index (κ3) is 4.23. The molecule has 1 aromatic rings. The van der Waals surface area contributed by atoms with E-state index in [0.29, 0.717) is 0 Å². The van der Waals surface area contributed by atoms with Crippen molar-refractivity contribution in [3.05, 3.63) is 38.9 Å². The van der Waals surface area contributed by atoms with Crippen LogP contribution in [0.4, 0.5) is 5.69 Å². The lowest BCUT2D eigenvalue weighted by molar-refractivity contribution is -0.384. The molecule has 0 spiro atoms. The monoisotopic (exact) mass is 324 g/mol. The summed E-state index contributed by atoms with van der Waals surface area (Å²) in [6, 6.07) is 3.65. The molecule has 19 heavy (non-hydrogen) atoms. The van der Waals surface area contributed by atoms with Gasteiger partial charge in [0.2, 0.25) is 0 Å². The van der Waals surface area contributed by atoms with Crippen LogP contribution in [-0.2, 0) is 0 Å². The molecule has 0 unspecified atom stereocenters. The van der Waals surface area contributed by atoms with Gasteiger partial charge in [0.25, 0.3) is 11.6 Å². The van der Waals surface area contributed by atoms with Gasteiger partial charge in [0.15, 0.2) is 0 Å². The fraction of sp³-hybridized carbons (Fsp3) is 0.364. The number of nitro groups is 1. The Morgan fingerprint density at radius 1 is 1.37 bits per heavy atom. The minimum absolute atomic E-state index is 0.0839. The second-order valence-electron chi connectivity index (χ2n) is 4.24. The number of nitrogens with one attached hydrogen (secondary N) is 1. The first kappa shape index (κ1) is 16.0. The summed E-state index contributed by atoms with van der Waals surface area (Å²) in [7, 11) is 0. The van der Waals surface area contributed by atoms with Gasteiger partial charge in [0.05, 0.1) is 10.5 Å². The predicted molar refractivity (Wildman–Crippen MR) is 75.4 cm³/mol. The van der Waals surface area contributed by atoms with E-state index in [1.54, 1.807) is 6.92 Å². The first-order valence-corrected chi connectivity index (χ1v) is 6.65. The highest BCUT2D eigenvalue weighted by Crippen LogP contribution is 2.21. The third-order valence-electron chi connectivity index (χ3n) is 2.36. The van der Waals surface area contributed by atoms with Crippen molar-refractivity contribution in [2.24, 2.45) is 0 Å². The maximum absolute atomic E-state index is 12.0. The normalized spacial score (nSPS) is 11.2. The molecule has 0 bridgehead atoms. The lowest BCUT2D eigenvalue weighted by Crippen LogP contribution is -2.49. The van der Waals surface area contributed by atoms with Crippen LogP contribution >= 0.6 is 34.8 Å². The Hall–Kier alpha value is -1.04. The van der Waals surface area contributed by atoms with Crippen LogP contribution in [0.3, 0.4) is 0 Å². The predicted octanol–water partition coefficient (Wildman–Crippen LogP) is 3.21. The number of hydrogen-bond donors (Lipinski definition) is 1. The number of halogens is 3. The summed E-state index contributed by atoms with van der Waals surface area (Å²) >= 11 is 17.2. The molecule has 0 atom stereocenters. The zero-order valence-electron chi connectivity index (χ0n) is 9.95. The molecule has 0 fully saturated rings. The maximum Gasteiger partial charge on any atom is 0.271 e. The van der Waals surface area contributed by atoms with Crippen LogP contribution in [0.5, 0.6) is 0 Å². The van der Waals surface area contributed by atoms with Gasteiger partial charge in [-0.25, -0.2) is 0 Å². The van der Waals surface area contributed by atoms with Gasteiger partial charge in [0.1, 0.15) is 0 Å². The van der Waals surface area contributed by atoms with Gasteiger partial charge in [-0.3, -0.25) is 14.9 Å². The molecule has 5 nitrogen and oxygen atoms in total. The molecule has 8 heteroatoms. The minimum Gasteiger partial charge on any atom is -0.344 e. The number of nitrogens with zero attached hydrogens (tertiary/aromatic N) is 1. The van der Waals surface area contributed by atoms with Crippen LogP contribution in [0.2, 0.25) is 5.02 Å². The van der Waals surface area contributed by atoms with Crippen LogP contribution in [-0.4, -0.2) is 28.1 Å². The van der Waals surface area contributed by atoms with Crippen molar-refractivity contribution < 1.29 is 9.72 Å². The Bertz CT molecular complexity index is 504. The summed E-state index contributed by atoms with van der Waals surface area (Å²) in [4.78, 5) is 22.1. The molecule has 0 radical (unpaired) electrons. The molecule has 0 saturated heterocycles. The molecule has 104 valence electrons. The van der Waals surface area contributed by atoms with Crippen LogP contribution in [0, 0.1) is 10.1 Å². The second kappa shape index (κ2) is 6.41. The highest BCUT2D eigenvalue weighted by Gasteiger charge is 2.25. The molecule has 1 rings (SSSR count). The highest BCUT2D eigenvalue weighted by atomic mass is 35.5. The average molecular weight is 326 g/mol. The van der Waals surface area contributed by atoms with E-state index in [9.17, 15) is 14.9 Å². The van der Waals surface area contributed by atoms with E-state index in [4.69, 9.17) is 34.8 Å². The van der Waals surface area contributed by atoms with Gasteiger partial charge in [0, 0.05) is 34.5 Å². The summed E-state index contributed by atoms with van der Waals surface area (Å²) < 4.78 is 0. The SMILES string of the molecule is CC(CCl)(CCl)NC(=O)c1cc(Cl)cc([N+](=O)[O-])c1. The number of benzene rings is 1. The molecule has 1 amide bonds. The summed E-state index contributed by atoms with van der Waals surface area (Å²) in [6.45, 7) is 1.67. The van der Waals surface area contributed by atoms with Crippen molar-refractivity contribution >= 4 is 46.4 Å². The zero-order chi connectivity index (χ0) is 14.6. The summed E-state index contributed by atoms with van der Waals surface area (Å²) in [5.41, 5.74) is -0.964. The number of nitro benzene ring substituents is 1. The molecule has 1 N–H and O–H groups in total. The number of carbonyl (C=O) groups is 1. The van der Waals surface area contributed by atoms with Crippen LogP contribution in [0.25, 0.3) is 0 Å². The first-order valence-electron chi connectivity index (χ1n) is 5.21. The Labute approximate surface area is 125 Å². The van der Waals surface area contributed by atoms with Crippen molar-refractivity contribution in [1.29, 1.82) is 0 Å². The maximum atomic E-state index is 12.0. The fourth-order valence-corrected chi connectivity index (χ4v) is 1.91. The lowest BCUT2D eigenvalue weighted by Gasteiger charge is -2.25. The number of hydrogen-bond acceptors (Lipinski definition) is 3. The standard InChI is InChI=1S/C11H11Cl3N2O3/c1-11(5-12,6-13)15-10(17)7-2-8(14)4-9(3-7)16(18)19/h2-4H,5-6H2,1H3,(H,15,17). The largest absolute Gasteiger partial charge is 0.344 e. The smallest absolute Gasteiger partial charge is 0.271 e. The quantitative estimate of drug-likeness (QED) is 0.513. The van der Waals surface area contributed by atoms with E-state index in [2.05, 4.69) is 5.32 Å². The van der Waals surface area contributed by atoms with Gasteiger partial charge >= 0.3 is 0 Å². The van der Waals surface area contributed by atoms with Crippen molar-refractivity contribution in [2.75, 3.05) is 11.8 Å². The summed E-state index contributed by atoms with van der Waals surface area (Å²) in [5.74, 6) is -0.287. The molecule has 0 heterocycles. The summed E-state index contributed by atoms with van der Waals surface area (Å²) in [5, 5.41) is 13.4. The number of rotatable bonds is 5. The van der Waals surface area contributed by atoms with E-state index < -0.39 is 16.4 Å². The fourth-order valence-electron chi connectivity index (χ4n) is 1.26. The van der Waals surface area contributed by atoms with Crippen molar-refractivity contribution in [1.82, 2.24) is 5.32 Å². The van der Waals surface area contributed by atoms with Crippen LogP contribution < -0.4 is 5.32 Å². The van der Waals surface area contributed by atoms with Crippen molar-refractivity contribution in [3.8, 4) is 0 Å². The van der Waals surface area contributed by atoms with E-state index in [1.165, 1.54) is 12.1 Å². The Morgan fingerprint density at radius 2 is 1.95 bits per heavy atom. The number of amides is 1. The van der Waals surface area contributed by atoms with Gasteiger partial charge in [-0.05, 0) is 13.0 Å². The highest BCUT2D eigenvalue weighted by molar-refractivity contribution is 6.31. The van der Waals surface area contributed by atoms with E-state index in [-0.39, 0.29) is 28.0 Å². The van der Waals surface area contributed by atoms with Crippen LogP contribution in [0.15, 0.2) is 18.2 Å². The third-order valence-corrected chi connectivity index (χ3v) is 3.76. The topological polar surface area (TPSA) is 72.2 Å². The van der Waals surface area contributed by atoms with Crippen molar-refractivity contribution in [2.45, 2.75) is 12.5 Å². The van der Waals surface area contributed by atoms with Gasteiger partial charge in [-0.2, -0.15) is 0 Å². The molecule has 0 saturated carbocycles. The molecular formula is C11H11Cl3N2O3. The van der Waals surface area contributed by atoms with E-state index in [0.717, 1.165) is 6.07 Å². The van der Waals surface area contributed by atoms with Crippen molar-refractivity contribution in [3.63, 3.8) is 0 Å². The van der Waals surface area contributed by atoms with E-state index in [1.807, 2.05) is 0 Å². The lowest BCUT2D eigenvalue weighted by atomic mass is 10.1. The average Bonchev–Trinajstić information content (AvgIpc) is 2.37. The van der Waals surface area contributed by atoms with Gasteiger partial charge in [-0.15, -0.1) is 23.2 Å². The Morgan fingerprint density at radius 3 is 2.42 bits per heavy atom. The number of carbonyl (C=O) groups excluding carboxylic acids is 1. The summed E-state index contributed by atoms with van der Waals surface area (Å²) in [6.07, 6.45) is 0. The van der Waals surface area contributed by atoms with Gasteiger partial charge in [-0.1, -0.05) is 11.6 Å². The second-order valence-corrected chi connectivity index (χ2v) is 5.21. The van der Waals surface area contributed by atoms with E-state index >= 15 is 0 Å². The molecule has 0 aliphatic heterocycles. The molecule has 0 aliphatic carbocycles. The molecule has 0 aromatic heterocycles.